The minimum absolute atomic E-state index is 0.0981. The van der Waals surface area contributed by atoms with E-state index in [1.54, 1.807) is 14.2 Å². The second-order valence-corrected chi connectivity index (χ2v) is 4.20. The zero-order valence-corrected chi connectivity index (χ0v) is 10.2. The summed E-state index contributed by atoms with van der Waals surface area (Å²) < 4.78 is 10.3. The molecule has 0 aliphatic heterocycles. The summed E-state index contributed by atoms with van der Waals surface area (Å²) in [7, 11) is 5.46. The summed E-state index contributed by atoms with van der Waals surface area (Å²) in [6, 6.07) is 0. The Balaban J connectivity index is 3.48. The molecule has 0 bridgehead atoms. The van der Waals surface area contributed by atoms with Crippen molar-refractivity contribution in [2.24, 2.45) is 5.92 Å². The minimum Gasteiger partial charge on any atom is -0.355 e. The molecule has 0 aromatic carbocycles. The number of nitrogens with zero attached hydrogens (tertiary/aromatic N) is 1. The Morgan fingerprint density at radius 2 is 1.71 bits per heavy atom. The van der Waals surface area contributed by atoms with Crippen LogP contribution in [0.25, 0.3) is 0 Å². The van der Waals surface area contributed by atoms with Gasteiger partial charge in [-0.2, -0.15) is 0 Å². The molecule has 0 spiro atoms. The monoisotopic (exact) mass is 203 g/mol. The molecule has 0 aromatic heterocycles. The predicted octanol–water partition coefficient (Wildman–Crippen LogP) is 1.97. The lowest BCUT2D eigenvalue weighted by atomic mass is 10.1. The van der Waals surface area contributed by atoms with E-state index < -0.39 is 0 Å². The molecule has 0 atom stereocenters. The zero-order chi connectivity index (χ0) is 11.0. The van der Waals surface area contributed by atoms with E-state index >= 15 is 0 Å². The van der Waals surface area contributed by atoms with Gasteiger partial charge in [0, 0.05) is 20.8 Å². The van der Waals surface area contributed by atoms with E-state index in [-0.39, 0.29) is 6.29 Å². The van der Waals surface area contributed by atoms with Crippen LogP contribution >= 0.6 is 0 Å². The number of hydrogen-bond acceptors (Lipinski definition) is 3. The van der Waals surface area contributed by atoms with Crippen LogP contribution in [0.3, 0.4) is 0 Å². The van der Waals surface area contributed by atoms with E-state index in [0.29, 0.717) is 0 Å². The van der Waals surface area contributed by atoms with E-state index in [1.165, 1.54) is 12.8 Å². The molecule has 0 rings (SSSR count). The highest BCUT2D eigenvalue weighted by Gasteiger charge is 2.08. The summed E-state index contributed by atoms with van der Waals surface area (Å²) in [6.45, 7) is 6.46. The van der Waals surface area contributed by atoms with Gasteiger partial charge in [0.05, 0.1) is 0 Å². The van der Waals surface area contributed by atoms with Crippen molar-refractivity contribution in [1.82, 2.24) is 4.90 Å². The van der Waals surface area contributed by atoms with Gasteiger partial charge in [0.2, 0.25) is 0 Å². The Morgan fingerprint density at radius 3 is 2.14 bits per heavy atom. The van der Waals surface area contributed by atoms with Crippen molar-refractivity contribution < 1.29 is 9.47 Å². The molecule has 0 aliphatic rings. The molecule has 0 radical (unpaired) electrons. The first-order valence-corrected chi connectivity index (χ1v) is 5.34. The Kier molecular flexibility index (Phi) is 8.14. The molecule has 0 unspecified atom stereocenters. The standard InChI is InChI=1S/C11H25NO2/c1-10(2)7-6-8-12(3)9-11(13-4)14-5/h10-11H,6-9H2,1-5H3. The summed E-state index contributed by atoms with van der Waals surface area (Å²) >= 11 is 0. The van der Waals surface area contributed by atoms with Gasteiger partial charge < -0.3 is 14.4 Å². The quantitative estimate of drug-likeness (QED) is 0.563. The molecular weight excluding hydrogens is 178 g/mol. The molecular formula is C11H25NO2. The average molecular weight is 203 g/mol. The van der Waals surface area contributed by atoms with Gasteiger partial charge in [0.1, 0.15) is 0 Å². The smallest absolute Gasteiger partial charge is 0.169 e. The maximum Gasteiger partial charge on any atom is 0.169 e. The summed E-state index contributed by atoms with van der Waals surface area (Å²) in [5.74, 6) is 0.795. The zero-order valence-electron chi connectivity index (χ0n) is 10.2. The number of ether oxygens (including phenoxy) is 2. The number of methoxy groups -OCH3 is 2. The van der Waals surface area contributed by atoms with E-state index in [2.05, 4.69) is 25.8 Å². The molecule has 3 heteroatoms. The average Bonchev–Trinajstić information content (AvgIpc) is 2.13. The summed E-state index contributed by atoms with van der Waals surface area (Å²) in [5, 5.41) is 0. The van der Waals surface area contributed by atoms with E-state index in [1.807, 2.05) is 0 Å². The third kappa shape index (κ3) is 7.30. The Labute approximate surface area is 88.4 Å². The van der Waals surface area contributed by atoms with E-state index in [4.69, 9.17) is 9.47 Å². The molecule has 0 N–H and O–H groups in total. The molecule has 0 amide bonds. The van der Waals surface area contributed by atoms with Crippen LogP contribution in [0.15, 0.2) is 0 Å². The van der Waals surface area contributed by atoms with Crippen molar-refractivity contribution >= 4 is 0 Å². The third-order valence-corrected chi connectivity index (χ3v) is 2.31. The first kappa shape index (κ1) is 13.9. The van der Waals surface area contributed by atoms with Crippen molar-refractivity contribution in [2.75, 3.05) is 34.4 Å². The largest absolute Gasteiger partial charge is 0.355 e. The molecule has 0 aromatic rings. The maximum absolute atomic E-state index is 5.13. The van der Waals surface area contributed by atoms with Gasteiger partial charge in [-0.1, -0.05) is 13.8 Å². The fraction of sp³-hybridized carbons (Fsp3) is 1.00. The van der Waals surface area contributed by atoms with Crippen LogP contribution in [0.5, 0.6) is 0 Å². The normalized spacial score (nSPS) is 12.0. The van der Waals surface area contributed by atoms with Gasteiger partial charge >= 0.3 is 0 Å². The molecule has 0 saturated carbocycles. The van der Waals surface area contributed by atoms with Crippen LogP contribution < -0.4 is 0 Å². The van der Waals surface area contributed by atoms with Gasteiger partial charge in [-0.3, -0.25) is 0 Å². The molecule has 0 saturated heterocycles. The number of likely N-dealkylation sites (N-methyl/N-ethyl adjacent to an activating group) is 1. The lowest BCUT2D eigenvalue weighted by molar-refractivity contribution is -0.113. The molecule has 0 aliphatic carbocycles. The highest BCUT2D eigenvalue weighted by molar-refractivity contribution is 4.56. The van der Waals surface area contributed by atoms with Crippen molar-refractivity contribution in [3.8, 4) is 0 Å². The topological polar surface area (TPSA) is 21.7 Å². The summed E-state index contributed by atoms with van der Waals surface area (Å²) in [5.41, 5.74) is 0. The fourth-order valence-corrected chi connectivity index (χ4v) is 1.36. The summed E-state index contributed by atoms with van der Waals surface area (Å²) in [6.07, 6.45) is 2.43. The van der Waals surface area contributed by atoms with Crippen molar-refractivity contribution in [2.45, 2.75) is 33.0 Å². The molecule has 14 heavy (non-hydrogen) atoms. The van der Waals surface area contributed by atoms with E-state index in [0.717, 1.165) is 19.0 Å². The SMILES string of the molecule is COC(CN(C)CCCC(C)C)OC. The molecule has 86 valence electrons. The number of rotatable bonds is 8. The van der Waals surface area contributed by atoms with Crippen LogP contribution in [0.4, 0.5) is 0 Å². The Bertz CT molecular complexity index is 124. The van der Waals surface area contributed by atoms with Crippen LogP contribution in [0.2, 0.25) is 0 Å². The van der Waals surface area contributed by atoms with Crippen molar-refractivity contribution in [3.05, 3.63) is 0 Å². The maximum atomic E-state index is 5.13. The van der Waals surface area contributed by atoms with Gasteiger partial charge in [-0.15, -0.1) is 0 Å². The van der Waals surface area contributed by atoms with Crippen LogP contribution in [0.1, 0.15) is 26.7 Å². The fourth-order valence-electron chi connectivity index (χ4n) is 1.36. The van der Waals surface area contributed by atoms with Gasteiger partial charge in [-0.25, -0.2) is 0 Å². The Morgan fingerprint density at radius 1 is 1.14 bits per heavy atom. The van der Waals surface area contributed by atoms with Crippen LogP contribution in [0, 0.1) is 5.92 Å². The highest BCUT2D eigenvalue weighted by Crippen LogP contribution is 2.04. The lowest BCUT2D eigenvalue weighted by Crippen LogP contribution is -2.32. The van der Waals surface area contributed by atoms with Crippen LogP contribution in [-0.2, 0) is 9.47 Å². The van der Waals surface area contributed by atoms with Crippen molar-refractivity contribution in [3.63, 3.8) is 0 Å². The van der Waals surface area contributed by atoms with Gasteiger partial charge in [-0.05, 0) is 32.4 Å². The van der Waals surface area contributed by atoms with Crippen molar-refractivity contribution in [1.29, 1.82) is 0 Å². The van der Waals surface area contributed by atoms with Gasteiger partial charge in [0.15, 0.2) is 6.29 Å². The first-order valence-electron chi connectivity index (χ1n) is 5.34. The highest BCUT2D eigenvalue weighted by atomic mass is 16.7. The molecule has 3 nitrogen and oxygen atoms in total. The molecule has 0 heterocycles. The number of hydrogen-bond donors (Lipinski definition) is 0. The van der Waals surface area contributed by atoms with Crippen LogP contribution in [-0.4, -0.2) is 45.5 Å². The third-order valence-electron chi connectivity index (χ3n) is 2.31. The van der Waals surface area contributed by atoms with E-state index in [9.17, 15) is 0 Å². The first-order chi connectivity index (χ1) is 6.60. The lowest BCUT2D eigenvalue weighted by Gasteiger charge is -2.22. The second kappa shape index (κ2) is 8.21. The Hall–Kier alpha value is -0.120. The minimum atomic E-state index is -0.0981. The predicted molar refractivity (Wildman–Crippen MR) is 59.4 cm³/mol. The summed E-state index contributed by atoms with van der Waals surface area (Å²) in [4.78, 5) is 2.25. The second-order valence-electron chi connectivity index (χ2n) is 4.20. The van der Waals surface area contributed by atoms with Gasteiger partial charge in [0.25, 0.3) is 0 Å². The molecule has 0 fully saturated rings.